The van der Waals surface area contributed by atoms with E-state index in [4.69, 9.17) is 9.47 Å². The zero-order chi connectivity index (χ0) is 16.8. The molecule has 24 heavy (non-hydrogen) atoms. The fourth-order valence-electron chi connectivity index (χ4n) is 2.51. The lowest BCUT2D eigenvalue weighted by Crippen LogP contribution is -2.35. The van der Waals surface area contributed by atoms with Crippen LogP contribution in [0.2, 0.25) is 0 Å². The first-order valence-corrected chi connectivity index (χ1v) is 7.81. The number of anilines is 1. The second kappa shape index (κ2) is 7.85. The van der Waals surface area contributed by atoms with Gasteiger partial charge in [-0.05, 0) is 17.7 Å². The minimum absolute atomic E-state index is 0.235. The van der Waals surface area contributed by atoms with Crippen molar-refractivity contribution in [1.29, 1.82) is 0 Å². The number of ether oxygens (including phenoxy) is 2. The first-order chi connectivity index (χ1) is 11.7. The van der Waals surface area contributed by atoms with Crippen molar-refractivity contribution in [3.8, 4) is 6.01 Å². The van der Waals surface area contributed by atoms with Gasteiger partial charge < -0.3 is 14.8 Å². The topological polar surface area (TPSA) is 76.6 Å². The van der Waals surface area contributed by atoms with E-state index >= 15 is 0 Å². The van der Waals surface area contributed by atoms with Gasteiger partial charge >= 0.3 is 6.01 Å². The van der Waals surface area contributed by atoms with Crippen LogP contribution in [0.15, 0.2) is 36.7 Å². The lowest BCUT2D eigenvalue weighted by molar-refractivity contribution is 0.0342. The van der Waals surface area contributed by atoms with Gasteiger partial charge in [-0.25, -0.2) is 9.97 Å². The SMILES string of the molecule is COc1ncc(C(=O)Nc2cccc(CN3CCOCC3)c2)cn1. The first kappa shape index (κ1) is 16.4. The molecule has 1 N–H and O–H groups in total. The van der Waals surface area contributed by atoms with Crippen molar-refractivity contribution < 1.29 is 14.3 Å². The smallest absolute Gasteiger partial charge is 0.316 e. The molecule has 7 heteroatoms. The zero-order valence-corrected chi connectivity index (χ0v) is 13.6. The zero-order valence-electron chi connectivity index (χ0n) is 13.6. The van der Waals surface area contributed by atoms with Gasteiger partial charge in [0.1, 0.15) is 0 Å². The molecule has 2 aromatic rings. The number of nitrogens with zero attached hydrogens (tertiary/aromatic N) is 3. The van der Waals surface area contributed by atoms with E-state index in [1.54, 1.807) is 0 Å². The Morgan fingerprint density at radius 1 is 1.29 bits per heavy atom. The second-order valence-corrected chi connectivity index (χ2v) is 5.50. The molecule has 1 amide bonds. The molecule has 0 radical (unpaired) electrons. The molecule has 1 aliphatic rings. The molecule has 1 aliphatic heterocycles. The quantitative estimate of drug-likeness (QED) is 0.898. The Hall–Kier alpha value is -2.51. The second-order valence-electron chi connectivity index (χ2n) is 5.50. The normalized spacial score (nSPS) is 15.0. The molecule has 0 bridgehead atoms. The molecule has 7 nitrogen and oxygen atoms in total. The van der Waals surface area contributed by atoms with E-state index < -0.39 is 0 Å². The van der Waals surface area contributed by atoms with Crippen molar-refractivity contribution in [2.24, 2.45) is 0 Å². The fraction of sp³-hybridized carbons (Fsp3) is 0.353. The van der Waals surface area contributed by atoms with Crippen LogP contribution in [0.5, 0.6) is 6.01 Å². The molecule has 0 unspecified atom stereocenters. The van der Waals surface area contributed by atoms with Gasteiger partial charge in [0.2, 0.25) is 0 Å². The Morgan fingerprint density at radius 2 is 2.04 bits per heavy atom. The Labute approximate surface area is 140 Å². The van der Waals surface area contributed by atoms with Crippen molar-refractivity contribution >= 4 is 11.6 Å². The molecule has 1 saturated heterocycles. The molecule has 0 aliphatic carbocycles. The van der Waals surface area contributed by atoms with Gasteiger partial charge in [0, 0.05) is 37.7 Å². The van der Waals surface area contributed by atoms with Gasteiger partial charge in [0.25, 0.3) is 5.91 Å². The fourth-order valence-corrected chi connectivity index (χ4v) is 2.51. The number of benzene rings is 1. The van der Waals surface area contributed by atoms with Gasteiger partial charge in [0.05, 0.1) is 25.9 Å². The van der Waals surface area contributed by atoms with Crippen LogP contribution in [0.3, 0.4) is 0 Å². The molecule has 1 aromatic carbocycles. The number of morpholine rings is 1. The van der Waals surface area contributed by atoms with Gasteiger partial charge in [-0.3, -0.25) is 9.69 Å². The number of carbonyl (C=O) groups excluding carboxylic acids is 1. The predicted octanol–water partition coefficient (Wildman–Crippen LogP) is 1.57. The van der Waals surface area contributed by atoms with Crippen LogP contribution in [-0.2, 0) is 11.3 Å². The summed E-state index contributed by atoms with van der Waals surface area (Å²) in [6, 6.07) is 8.08. The van der Waals surface area contributed by atoms with E-state index in [2.05, 4.69) is 26.3 Å². The highest BCUT2D eigenvalue weighted by Crippen LogP contribution is 2.15. The maximum Gasteiger partial charge on any atom is 0.316 e. The average molecular weight is 328 g/mol. The minimum Gasteiger partial charge on any atom is -0.467 e. The highest BCUT2D eigenvalue weighted by Gasteiger charge is 2.12. The van der Waals surface area contributed by atoms with Crippen molar-refractivity contribution in [2.75, 3.05) is 38.7 Å². The van der Waals surface area contributed by atoms with Gasteiger partial charge in [-0.1, -0.05) is 12.1 Å². The Balaban J connectivity index is 1.63. The lowest BCUT2D eigenvalue weighted by Gasteiger charge is -2.26. The van der Waals surface area contributed by atoms with Crippen LogP contribution < -0.4 is 10.1 Å². The maximum absolute atomic E-state index is 12.3. The molecular formula is C17H20N4O3. The van der Waals surface area contributed by atoms with Crippen LogP contribution in [0, 0.1) is 0 Å². The molecule has 2 heterocycles. The summed E-state index contributed by atoms with van der Waals surface area (Å²) in [5.41, 5.74) is 2.29. The van der Waals surface area contributed by atoms with Crippen molar-refractivity contribution in [2.45, 2.75) is 6.54 Å². The Bertz CT molecular complexity index is 684. The molecule has 1 fully saturated rings. The van der Waals surface area contributed by atoms with Gasteiger partial charge in [-0.2, -0.15) is 0 Å². The van der Waals surface area contributed by atoms with Crippen molar-refractivity contribution in [3.63, 3.8) is 0 Å². The third-order valence-corrected chi connectivity index (χ3v) is 3.77. The number of hydrogen-bond donors (Lipinski definition) is 1. The summed E-state index contributed by atoms with van der Waals surface area (Å²) >= 11 is 0. The number of amides is 1. The van der Waals surface area contributed by atoms with Crippen molar-refractivity contribution in [1.82, 2.24) is 14.9 Å². The van der Waals surface area contributed by atoms with E-state index in [0.29, 0.717) is 5.56 Å². The summed E-state index contributed by atoms with van der Waals surface area (Å²) in [6.45, 7) is 4.25. The van der Waals surface area contributed by atoms with Crippen LogP contribution in [0.4, 0.5) is 5.69 Å². The van der Waals surface area contributed by atoms with Gasteiger partial charge in [-0.15, -0.1) is 0 Å². The lowest BCUT2D eigenvalue weighted by atomic mass is 10.1. The summed E-state index contributed by atoms with van der Waals surface area (Å²) in [4.78, 5) is 22.5. The van der Waals surface area contributed by atoms with Crippen LogP contribution in [0.25, 0.3) is 0 Å². The maximum atomic E-state index is 12.3. The Kier molecular flexibility index (Phi) is 5.35. The van der Waals surface area contributed by atoms with E-state index in [-0.39, 0.29) is 11.9 Å². The number of aromatic nitrogens is 2. The predicted molar refractivity (Wildman–Crippen MR) is 89.1 cm³/mol. The first-order valence-electron chi connectivity index (χ1n) is 7.81. The molecule has 0 saturated carbocycles. The summed E-state index contributed by atoms with van der Waals surface area (Å²) in [5.74, 6) is -0.249. The van der Waals surface area contributed by atoms with Crippen LogP contribution in [0.1, 0.15) is 15.9 Å². The van der Waals surface area contributed by atoms with E-state index in [1.807, 2.05) is 18.2 Å². The number of nitrogens with one attached hydrogen (secondary N) is 1. The number of rotatable bonds is 5. The summed E-state index contributed by atoms with van der Waals surface area (Å²) < 4.78 is 10.2. The molecular weight excluding hydrogens is 308 g/mol. The number of carbonyl (C=O) groups is 1. The standard InChI is InChI=1S/C17H20N4O3/c1-23-17-18-10-14(11-19-17)16(22)20-15-4-2-3-13(9-15)12-21-5-7-24-8-6-21/h2-4,9-11H,5-8,12H2,1H3,(H,20,22). The molecule has 1 aromatic heterocycles. The third-order valence-electron chi connectivity index (χ3n) is 3.77. The van der Waals surface area contributed by atoms with E-state index in [0.717, 1.165) is 44.1 Å². The highest BCUT2D eigenvalue weighted by molar-refractivity contribution is 6.03. The molecule has 0 spiro atoms. The number of methoxy groups -OCH3 is 1. The summed E-state index contributed by atoms with van der Waals surface area (Å²) in [5, 5.41) is 2.87. The van der Waals surface area contributed by atoms with Crippen LogP contribution in [-0.4, -0.2) is 54.2 Å². The van der Waals surface area contributed by atoms with Crippen molar-refractivity contribution in [3.05, 3.63) is 47.8 Å². The molecule has 3 rings (SSSR count). The monoisotopic (exact) mass is 328 g/mol. The average Bonchev–Trinajstić information content (AvgIpc) is 2.63. The largest absolute Gasteiger partial charge is 0.467 e. The third kappa shape index (κ3) is 4.27. The van der Waals surface area contributed by atoms with E-state index in [1.165, 1.54) is 19.5 Å². The molecule has 0 atom stereocenters. The Morgan fingerprint density at radius 3 is 2.75 bits per heavy atom. The summed E-state index contributed by atoms with van der Waals surface area (Å²) in [7, 11) is 1.48. The van der Waals surface area contributed by atoms with E-state index in [9.17, 15) is 4.79 Å². The van der Waals surface area contributed by atoms with Crippen LogP contribution >= 0.6 is 0 Å². The molecule has 126 valence electrons. The van der Waals surface area contributed by atoms with Gasteiger partial charge in [0.15, 0.2) is 0 Å². The minimum atomic E-state index is -0.249. The number of hydrogen-bond acceptors (Lipinski definition) is 6. The highest BCUT2D eigenvalue weighted by atomic mass is 16.5. The summed E-state index contributed by atoms with van der Waals surface area (Å²) in [6.07, 6.45) is 2.89.